The van der Waals surface area contributed by atoms with Crippen LogP contribution < -0.4 is 5.32 Å². The average molecular weight is 475 g/mol. The number of halogens is 1. The highest BCUT2D eigenvalue weighted by atomic mass is 35.5. The fraction of sp³-hybridized carbons (Fsp3) is 0.391. The van der Waals surface area contributed by atoms with E-state index in [-0.39, 0.29) is 35.3 Å². The van der Waals surface area contributed by atoms with Gasteiger partial charge in [0.05, 0.1) is 12.5 Å². The lowest BCUT2D eigenvalue weighted by atomic mass is 9.73. The van der Waals surface area contributed by atoms with Gasteiger partial charge in [-0.3, -0.25) is 19.3 Å². The number of hydrogen-bond acceptors (Lipinski definition) is 6. The van der Waals surface area contributed by atoms with E-state index in [1.165, 1.54) is 7.11 Å². The van der Waals surface area contributed by atoms with E-state index in [0.717, 1.165) is 35.5 Å². The van der Waals surface area contributed by atoms with E-state index in [1.807, 2.05) is 0 Å². The normalized spacial score (nSPS) is 17.6. The molecule has 1 aliphatic carbocycles. The van der Waals surface area contributed by atoms with Crippen LogP contribution in [0.3, 0.4) is 0 Å². The molecule has 168 valence electrons. The third-order valence-corrected chi connectivity index (χ3v) is 7.42. The highest BCUT2D eigenvalue weighted by molar-refractivity contribution is 7.15. The number of rotatable bonds is 5. The lowest BCUT2D eigenvalue weighted by molar-refractivity contribution is -0.144. The van der Waals surface area contributed by atoms with Gasteiger partial charge in [0.15, 0.2) is 0 Å². The number of nitrogens with one attached hydrogen (secondary N) is 1. The summed E-state index contributed by atoms with van der Waals surface area (Å²) in [4.78, 5) is 51.8. The molecule has 4 rings (SSSR count). The molecule has 0 radical (unpaired) electrons. The molecule has 2 aromatic rings. The number of thiophene rings is 1. The molecule has 3 amide bonds. The van der Waals surface area contributed by atoms with Crippen LogP contribution in [0.4, 0.5) is 5.00 Å². The van der Waals surface area contributed by atoms with Gasteiger partial charge in [0.2, 0.25) is 17.7 Å². The Morgan fingerprint density at radius 3 is 2.56 bits per heavy atom. The summed E-state index contributed by atoms with van der Waals surface area (Å²) < 4.78 is 4.92. The Kier molecular flexibility index (Phi) is 6.35. The molecule has 9 heteroatoms. The number of benzene rings is 1. The van der Waals surface area contributed by atoms with Crippen molar-refractivity contribution in [3.8, 4) is 11.1 Å². The maximum Gasteiger partial charge on any atom is 0.341 e. The van der Waals surface area contributed by atoms with Gasteiger partial charge in [-0.05, 0) is 18.9 Å². The van der Waals surface area contributed by atoms with Gasteiger partial charge >= 0.3 is 5.97 Å². The standard InChI is InChI=1S/C23H23ClN2O5S/c1-31-21(29)19-15(14-7-3-4-8-16(14)24)13-32-20(19)25-17(27)12-26-18(28)11-23(22(26)30)9-5-2-6-10-23/h3-4,7-8,13H,2,5-6,9-12H2,1H3,(H,25,27). The van der Waals surface area contributed by atoms with Crippen LogP contribution in [-0.2, 0) is 19.1 Å². The lowest BCUT2D eigenvalue weighted by Gasteiger charge is -2.30. The van der Waals surface area contributed by atoms with Gasteiger partial charge in [0.1, 0.15) is 17.1 Å². The third kappa shape index (κ3) is 4.04. The number of imide groups is 1. The van der Waals surface area contributed by atoms with E-state index in [0.29, 0.717) is 29.0 Å². The first-order valence-corrected chi connectivity index (χ1v) is 11.7. The van der Waals surface area contributed by atoms with Gasteiger partial charge in [-0.2, -0.15) is 0 Å². The molecule has 1 aromatic heterocycles. The minimum absolute atomic E-state index is 0.169. The molecule has 32 heavy (non-hydrogen) atoms. The number of carbonyl (C=O) groups is 4. The Morgan fingerprint density at radius 1 is 1.16 bits per heavy atom. The van der Waals surface area contributed by atoms with E-state index >= 15 is 0 Å². The molecule has 1 aliphatic heterocycles. The van der Waals surface area contributed by atoms with Crippen molar-refractivity contribution in [2.75, 3.05) is 19.0 Å². The first-order valence-electron chi connectivity index (χ1n) is 10.5. The average Bonchev–Trinajstić information content (AvgIpc) is 3.28. The first kappa shape index (κ1) is 22.5. The topological polar surface area (TPSA) is 92.8 Å². The van der Waals surface area contributed by atoms with Crippen molar-refractivity contribution in [2.45, 2.75) is 38.5 Å². The van der Waals surface area contributed by atoms with Crippen LogP contribution in [0, 0.1) is 5.41 Å². The van der Waals surface area contributed by atoms with Crippen LogP contribution >= 0.6 is 22.9 Å². The fourth-order valence-electron chi connectivity index (χ4n) is 4.58. The summed E-state index contributed by atoms with van der Waals surface area (Å²) in [5.41, 5.74) is 0.710. The summed E-state index contributed by atoms with van der Waals surface area (Å²) in [5.74, 6) is -1.74. The van der Waals surface area contributed by atoms with Crippen molar-refractivity contribution in [2.24, 2.45) is 5.41 Å². The molecule has 1 N–H and O–H groups in total. The third-order valence-electron chi connectivity index (χ3n) is 6.20. The molecular weight excluding hydrogens is 452 g/mol. The van der Waals surface area contributed by atoms with Crippen molar-refractivity contribution in [1.82, 2.24) is 4.90 Å². The number of amides is 3. The molecule has 0 unspecified atom stereocenters. The van der Waals surface area contributed by atoms with E-state index in [4.69, 9.17) is 16.3 Å². The Balaban J connectivity index is 1.55. The van der Waals surface area contributed by atoms with Crippen LogP contribution in [0.5, 0.6) is 0 Å². The molecule has 1 saturated carbocycles. The summed E-state index contributed by atoms with van der Waals surface area (Å²) in [7, 11) is 1.26. The molecule has 2 aliphatic rings. The van der Waals surface area contributed by atoms with Crippen LogP contribution in [0.2, 0.25) is 5.02 Å². The van der Waals surface area contributed by atoms with E-state index in [1.54, 1.807) is 29.6 Å². The van der Waals surface area contributed by atoms with E-state index in [9.17, 15) is 19.2 Å². The zero-order valence-electron chi connectivity index (χ0n) is 17.6. The monoisotopic (exact) mass is 474 g/mol. The summed E-state index contributed by atoms with van der Waals surface area (Å²) >= 11 is 7.45. The smallest absolute Gasteiger partial charge is 0.341 e. The molecule has 0 bridgehead atoms. The van der Waals surface area contributed by atoms with Crippen LogP contribution in [0.25, 0.3) is 11.1 Å². The Bertz CT molecular complexity index is 1090. The summed E-state index contributed by atoms with van der Waals surface area (Å²) in [6.45, 7) is -0.376. The number of likely N-dealkylation sites (tertiary alicyclic amines) is 1. The Labute approximate surface area is 194 Å². The number of methoxy groups -OCH3 is 1. The molecule has 2 heterocycles. The fourth-order valence-corrected chi connectivity index (χ4v) is 5.78. The molecule has 2 fully saturated rings. The molecule has 1 saturated heterocycles. The maximum absolute atomic E-state index is 13.0. The maximum atomic E-state index is 13.0. The quantitative estimate of drug-likeness (QED) is 0.508. The van der Waals surface area contributed by atoms with Gasteiger partial charge in [-0.1, -0.05) is 49.1 Å². The minimum Gasteiger partial charge on any atom is -0.465 e. The van der Waals surface area contributed by atoms with Gasteiger partial charge in [-0.25, -0.2) is 4.79 Å². The SMILES string of the molecule is COC(=O)c1c(-c2ccccc2Cl)csc1NC(=O)CN1C(=O)CC2(CCCCC2)C1=O. The zero-order valence-corrected chi connectivity index (χ0v) is 19.2. The second kappa shape index (κ2) is 9.03. The second-order valence-corrected chi connectivity index (χ2v) is 9.46. The molecular formula is C23H23ClN2O5S. The van der Waals surface area contributed by atoms with Crippen molar-refractivity contribution < 1.29 is 23.9 Å². The van der Waals surface area contributed by atoms with Gasteiger partial charge in [0, 0.05) is 28.0 Å². The molecule has 1 aromatic carbocycles. The van der Waals surface area contributed by atoms with Crippen LogP contribution in [0.1, 0.15) is 48.9 Å². The predicted molar refractivity (Wildman–Crippen MR) is 122 cm³/mol. The minimum atomic E-state index is -0.646. The largest absolute Gasteiger partial charge is 0.465 e. The van der Waals surface area contributed by atoms with Gasteiger partial charge in [-0.15, -0.1) is 11.3 Å². The number of esters is 1. The zero-order chi connectivity index (χ0) is 22.9. The van der Waals surface area contributed by atoms with Crippen molar-refractivity contribution >= 4 is 51.6 Å². The number of carbonyl (C=O) groups excluding carboxylic acids is 4. The van der Waals surface area contributed by atoms with E-state index < -0.39 is 17.3 Å². The van der Waals surface area contributed by atoms with Gasteiger partial charge in [0.25, 0.3) is 0 Å². The van der Waals surface area contributed by atoms with Crippen molar-refractivity contribution in [3.05, 3.63) is 40.2 Å². The number of anilines is 1. The lowest BCUT2D eigenvalue weighted by Crippen LogP contribution is -2.41. The van der Waals surface area contributed by atoms with Crippen LogP contribution in [-0.4, -0.2) is 42.2 Å². The summed E-state index contributed by atoms with van der Waals surface area (Å²) in [6, 6.07) is 7.05. The van der Waals surface area contributed by atoms with E-state index in [2.05, 4.69) is 5.32 Å². The van der Waals surface area contributed by atoms with Crippen molar-refractivity contribution in [3.63, 3.8) is 0 Å². The number of nitrogens with zero attached hydrogens (tertiary/aromatic N) is 1. The number of ether oxygens (including phenoxy) is 1. The highest BCUT2D eigenvalue weighted by Crippen LogP contribution is 2.45. The van der Waals surface area contributed by atoms with Crippen molar-refractivity contribution in [1.29, 1.82) is 0 Å². The molecule has 0 atom stereocenters. The van der Waals surface area contributed by atoms with Gasteiger partial charge < -0.3 is 10.1 Å². The first-order chi connectivity index (χ1) is 15.4. The Hall–Kier alpha value is -2.71. The molecule has 1 spiro atoms. The summed E-state index contributed by atoms with van der Waals surface area (Å²) in [5, 5.41) is 5.14. The summed E-state index contributed by atoms with van der Waals surface area (Å²) in [6.07, 6.45) is 4.44. The molecule has 7 nitrogen and oxygen atoms in total. The number of hydrogen-bond donors (Lipinski definition) is 1. The van der Waals surface area contributed by atoms with Crippen LogP contribution in [0.15, 0.2) is 29.6 Å². The predicted octanol–water partition coefficient (Wildman–Crippen LogP) is 4.50. The Morgan fingerprint density at radius 2 is 1.88 bits per heavy atom. The second-order valence-electron chi connectivity index (χ2n) is 8.18. The highest BCUT2D eigenvalue weighted by Gasteiger charge is 2.51.